The van der Waals surface area contributed by atoms with Gasteiger partial charge in [0.25, 0.3) is 0 Å². The number of carbonyl (C=O) groups excluding carboxylic acids is 1. The van der Waals surface area contributed by atoms with Crippen LogP contribution in [-0.2, 0) is 9.53 Å². The lowest BCUT2D eigenvalue weighted by atomic mass is 9.98. The summed E-state index contributed by atoms with van der Waals surface area (Å²) in [5, 5.41) is 0. The van der Waals surface area contributed by atoms with Crippen molar-refractivity contribution in [2.45, 2.75) is 44.8 Å². The molecule has 110 valence electrons. The summed E-state index contributed by atoms with van der Waals surface area (Å²) in [5.74, 6) is 0.0149. The third-order valence-electron chi connectivity index (χ3n) is 4.57. The van der Waals surface area contributed by atoms with E-state index in [0.717, 1.165) is 25.9 Å². The van der Waals surface area contributed by atoms with Crippen LogP contribution >= 0.6 is 0 Å². The summed E-state index contributed by atoms with van der Waals surface area (Å²) in [5.41, 5.74) is 5.93. The molecule has 0 radical (unpaired) electrons. The predicted molar refractivity (Wildman–Crippen MR) is 74.8 cm³/mol. The largest absolute Gasteiger partial charge is 0.379 e. The van der Waals surface area contributed by atoms with E-state index < -0.39 is 0 Å². The smallest absolute Gasteiger partial charge is 0.229 e. The fourth-order valence-electron chi connectivity index (χ4n) is 3.06. The zero-order chi connectivity index (χ0) is 14.0. The van der Waals surface area contributed by atoms with Crippen LogP contribution in [0.1, 0.15) is 26.7 Å². The monoisotopic (exact) mass is 269 g/mol. The van der Waals surface area contributed by atoms with Crippen LogP contribution in [0, 0.1) is 5.92 Å². The zero-order valence-electron chi connectivity index (χ0n) is 12.3. The van der Waals surface area contributed by atoms with Crippen molar-refractivity contribution in [2.24, 2.45) is 11.7 Å². The first kappa shape index (κ1) is 14.8. The van der Waals surface area contributed by atoms with Gasteiger partial charge in [0.05, 0.1) is 19.1 Å². The van der Waals surface area contributed by atoms with Gasteiger partial charge in [-0.05, 0) is 26.7 Å². The van der Waals surface area contributed by atoms with Crippen LogP contribution in [0.2, 0.25) is 0 Å². The lowest BCUT2D eigenvalue weighted by Crippen LogP contribution is -2.50. The Balaban J connectivity index is 1.87. The molecular formula is C14H27N3O2. The quantitative estimate of drug-likeness (QED) is 0.800. The molecule has 0 aliphatic carbocycles. The number of ether oxygens (including phenoxy) is 1. The van der Waals surface area contributed by atoms with Crippen LogP contribution in [0.3, 0.4) is 0 Å². The van der Waals surface area contributed by atoms with Crippen molar-refractivity contribution in [3.63, 3.8) is 0 Å². The van der Waals surface area contributed by atoms with E-state index in [1.165, 1.54) is 0 Å². The lowest BCUT2D eigenvalue weighted by Gasteiger charge is -2.39. The minimum absolute atomic E-state index is 0.134. The standard InChI is InChI=1S/C14H27N3O2/c1-10(2)17-6-4-11(5-7-17)16(3)14(18)12-8-19-9-13(12)15/h10-13H,4-9,15H2,1-3H3. The van der Waals surface area contributed by atoms with Crippen molar-refractivity contribution in [1.29, 1.82) is 0 Å². The van der Waals surface area contributed by atoms with Gasteiger partial charge in [0.15, 0.2) is 0 Å². The molecule has 2 fully saturated rings. The van der Waals surface area contributed by atoms with Crippen LogP contribution in [0.4, 0.5) is 0 Å². The van der Waals surface area contributed by atoms with Crippen molar-refractivity contribution >= 4 is 5.91 Å². The predicted octanol–water partition coefficient (Wildman–Crippen LogP) is 0.291. The molecule has 0 bridgehead atoms. The molecule has 2 rings (SSSR count). The van der Waals surface area contributed by atoms with Crippen molar-refractivity contribution in [3.8, 4) is 0 Å². The maximum atomic E-state index is 12.4. The van der Waals surface area contributed by atoms with Crippen LogP contribution in [0.5, 0.6) is 0 Å². The van der Waals surface area contributed by atoms with Gasteiger partial charge in [-0.1, -0.05) is 0 Å². The molecule has 0 aromatic heterocycles. The Bertz CT molecular complexity index is 314. The zero-order valence-corrected chi connectivity index (χ0v) is 12.3. The Morgan fingerprint density at radius 2 is 1.95 bits per heavy atom. The van der Waals surface area contributed by atoms with Gasteiger partial charge in [-0.25, -0.2) is 0 Å². The number of hydrogen-bond donors (Lipinski definition) is 1. The normalized spacial score (nSPS) is 29.9. The molecule has 1 amide bonds. The van der Waals surface area contributed by atoms with Crippen LogP contribution in [0.15, 0.2) is 0 Å². The first-order valence-electron chi connectivity index (χ1n) is 7.34. The highest BCUT2D eigenvalue weighted by atomic mass is 16.5. The van der Waals surface area contributed by atoms with Gasteiger partial charge in [-0.3, -0.25) is 4.79 Å². The highest BCUT2D eigenvalue weighted by Gasteiger charge is 2.36. The Morgan fingerprint density at radius 3 is 2.42 bits per heavy atom. The molecule has 2 N–H and O–H groups in total. The first-order chi connectivity index (χ1) is 9.00. The number of amides is 1. The number of nitrogens with two attached hydrogens (primary N) is 1. The minimum Gasteiger partial charge on any atom is -0.379 e. The van der Waals surface area contributed by atoms with E-state index in [0.29, 0.717) is 25.3 Å². The highest BCUT2D eigenvalue weighted by Crippen LogP contribution is 2.21. The summed E-state index contributed by atoms with van der Waals surface area (Å²) in [6.07, 6.45) is 2.12. The number of hydrogen-bond acceptors (Lipinski definition) is 4. The second kappa shape index (κ2) is 6.20. The molecule has 0 aromatic rings. The van der Waals surface area contributed by atoms with E-state index in [4.69, 9.17) is 10.5 Å². The lowest BCUT2D eigenvalue weighted by molar-refractivity contribution is -0.137. The van der Waals surface area contributed by atoms with Crippen molar-refractivity contribution in [1.82, 2.24) is 9.80 Å². The van der Waals surface area contributed by atoms with Crippen LogP contribution < -0.4 is 5.73 Å². The summed E-state index contributed by atoms with van der Waals surface area (Å²) in [4.78, 5) is 16.8. The molecule has 0 spiro atoms. The molecule has 2 saturated heterocycles. The summed E-state index contributed by atoms with van der Waals surface area (Å²) < 4.78 is 5.30. The van der Waals surface area contributed by atoms with Gasteiger partial charge in [-0.15, -0.1) is 0 Å². The van der Waals surface area contributed by atoms with Crippen molar-refractivity contribution in [3.05, 3.63) is 0 Å². The molecule has 2 aliphatic rings. The second-order valence-electron chi connectivity index (χ2n) is 6.12. The van der Waals surface area contributed by atoms with Gasteiger partial charge in [0.1, 0.15) is 0 Å². The number of carbonyl (C=O) groups is 1. The fraction of sp³-hybridized carbons (Fsp3) is 0.929. The number of piperidine rings is 1. The van der Waals surface area contributed by atoms with Crippen LogP contribution in [0.25, 0.3) is 0 Å². The number of likely N-dealkylation sites (tertiary alicyclic amines) is 1. The van der Waals surface area contributed by atoms with Gasteiger partial charge in [-0.2, -0.15) is 0 Å². The van der Waals surface area contributed by atoms with Crippen LogP contribution in [-0.4, -0.2) is 67.2 Å². The summed E-state index contributed by atoms with van der Waals surface area (Å²) >= 11 is 0. The van der Waals surface area contributed by atoms with E-state index >= 15 is 0 Å². The molecule has 19 heavy (non-hydrogen) atoms. The van der Waals surface area contributed by atoms with Crippen molar-refractivity contribution < 1.29 is 9.53 Å². The highest BCUT2D eigenvalue weighted by molar-refractivity contribution is 5.80. The number of rotatable bonds is 3. The SMILES string of the molecule is CC(C)N1CCC(N(C)C(=O)C2COCC2N)CC1. The van der Waals surface area contributed by atoms with E-state index in [1.807, 2.05) is 11.9 Å². The van der Waals surface area contributed by atoms with Gasteiger partial charge >= 0.3 is 0 Å². The fourth-order valence-corrected chi connectivity index (χ4v) is 3.06. The third-order valence-corrected chi connectivity index (χ3v) is 4.57. The molecule has 2 unspecified atom stereocenters. The van der Waals surface area contributed by atoms with E-state index in [9.17, 15) is 4.79 Å². The molecule has 2 atom stereocenters. The molecule has 0 aromatic carbocycles. The van der Waals surface area contributed by atoms with E-state index in [1.54, 1.807) is 0 Å². The third kappa shape index (κ3) is 3.27. The first-order valence-corrected chi connectivity index (χ1v) is 7.34. The Morgan fingerprint density at radius 1 is 1.32 bits per heavy atom. The maximum absolute atomic E-state index is 12.4. The number of nitrogens with zero attached hydrogens (tertiary/aromatic N) is 2. The summed E-state index contributed by atoms with van der Waals surface area (Å²) in [7, 11) is 1.92. The Hall–Kier alpha value is -0.650. The second-order valence-corrected chi connectivity index (χ2v) is 6.12. The van der Waals surface area contributed by atoms with E-state index in [2.05, 4.69) is 18.7 Å². The van der Waals surface area contributed by atoms with Gasteiger partial charge < -0.3 is 20.3 Å². The summed E-state index contributed by atoms with van der Waals surface area (Å²) in [6.45, 7) is 7.60. The summed E-state index contributed by atoms with van der Waals surface area (Å²) in [6, 6.07) is 0.819. The Kier molecular flexibility index (Phi) is 4.81. The average Bonchev–Trinajstić information content (AvgIpc) is 2.83. The molecule has 5 nitrogen and oxygen atoms in total. The molecular weight excluding hydrogens is 242 g/mol. The van der Waals surface area contributed by atoms with Gasteiger partial charge in [0, 0.05) is 38.3 Å². The maximum Gasteiger partial charge on any atom is 0.229 e. The molecule has 2 aliphatic heterocycles. The molecule has 2 heterocycles. The minimum atomic E-state index is -0.145. The van der Waals surface area contributed by atoms with Gasteiger partial charge in [0.2, 0.25) is 5.91 Å². The molecule has 5 heteroatoms. The Labute approximate surface area is 116 Å². The van der Waals surface area contributed by atoms with E-state index in [-0.39, 0.29) is 17.9 Å². The average molecular weight is 269 g/mol. The van der Waals surface area contributed by atoms with Crippen molar-refractivity contribution in [2.75, 3.05) is 33.4 Å². The topological polar surface area (TPSA) is 58.8 Å². The molecule has 0 saturated carbocycles.